The molecule has 4 N–H and O–H groups in total. The zero-order valence-electron chi connectivity index (χ0n) is 9.68. The van der Waals surface area contributed by atoms with Gasteiger partial charge < -0.3 is 25.6 Å². The summed E-state index contributed by atoms with van der Waals surface area (Å²) in [5.74, 6) is -1.08. The monoisotopic (exact) mass is 246 g/mol. The second-order valence-corrected chi connectivity index (χ2v) is 4.07. The highest BCUT2D eigenvalue weighted by molar-refractivity contribution is 5.76. The molecule has 0 aromatic rings. The van der Waals surface area contributed by atoms with Crippen LogP contribution >= 0.6 is 0 Å². The van der Waals surface area contributed by atoms with Crippen LogP contribution in [0.5, 0.6) is 0 Å². The Morgan fingerprint density at radius 2 is 2.18 bits per heavy atom. The Kier molecular flexibility index (Phi) is 5.17. The van der Waals surface area contributed by atoms with Gasteiger partial charge in [-0.2, -0.15) is 0 Å². The molecular weight excluding hydrogens is 228 g/mol. The standard InChI is InChI=1S/C10H18N2O5/c1-6-7(2-3-17-6)4-11-10(16)12-5-8(13)9(14)15/h6-8,13H,2-5H2,1H3,(H,14,15)(H2,11,12,16)/t6?,7?,8-/m0/s1. The maximum Gasteiger partial charge on any atom is 0.334 e. The summed E-state index contributed by atoms with van der Waals surface area (Å²) in [7, 11) is 0. The summed E-state index contributed by atoms with van der Waals surface area (Å²) in [6.45, 7) is 2.83. The summed E-state index contributed by atoms with van der Waals surface area (Å²) in [5.41, 5.74) is 0. The molecule has 17 heavy (non-hydrogen) atoms. The molecule has 7 nitrogen and oxygen atoms in total. The van der Waals surface area contributed by atoms with Gasteiger partial charge in [0.05, 0.1) is 12.6 Å². The van der Waals surface area contributed by atoms with Crippen LogP contribution in [0.15, 0.2) is 0 Å². The predicted octanol–water partition coefficient (Wildman–Crippen LogP) is -0.844. The first-order valence-electron chi connectivity index (χ1n) is 5.55. The Morgan fingerprint density at radius 3 is 2.71 bits per heavy atom. The molecule has 0 saturated carbocycles. The summed E-state index contributed by atoms with van der Waals surface area (Å²) in [4.78, 5) is 21.5. The largest absolute Gasteiger partial charge is 0.479 e. The van der Waals surface area contributed by atoms with Crippen LogP contribution in [0.2, 0.25) is 0 Å². The third-order valence-electron chi connectivity index (χ3n) is 2.80. The fraction of sp³-hybridized carbons (Fsp3) is 0.800. The van der Waals surface area contributed by atoms with E-state index in [0.29, 0.717) is 13.2 Å². The van der Waals surface area contributed by atoms with E-state index in [0.717, 1.165) is 6.42 Å². The minimum atomic E-state index is -1.57. The molecular formula is C10H18N2O5. The van der Waals surface area contributed by atoms with Gasteiger partial charge in [0.15, 0.2) is 6.10 Å². The van der Waals surface area contributed by atoms with Gasteiger partial charge in [0.25, 0.3) is 0 Å². The summed E-state index contributed by atoms with van der Waals surface area (Å²) < 4.78 is 5.34. The number of carbonyl (C=O) groups is 2. The van der Waals surface area contributed by atoms with E-state index in [1.807, 2.05) is 6.92 Å². The van der Waals surface area contributed by atoms with Gasteiger partial charge in [0.1, 0.15) is 0 Å². The molecule has 1 aliphatic heterocycles. The first-order valence-corrected chi connectivity index (χ1v) is 5.55. The Morgan fingerprint density at radius 1 is 1.47 bits per heavy atom. The first kappa shape index (κ1) is 13.7. The third kappa shape index (κ3) is 4.58. The summed E-state index contributed by atoms with van der Waals surface area (Å²) in [6, 6.07) is -0.482. The number of ether oxygens (including phenoxy) is 1. The highest BCUT2D eigenvalue weighted by Crippen LogP contribution is 2.18. The molecule has 0 radical (unpaired) electrons. The lowest BCUT2D eigenvalue weighted by Crippen LogP contribution is -2.43. The van der Waals surface area contributed by atoms with E-state index in [1.165, 1.54) is 0 Å². The topological polar surface area (TPSA) is 108 Å². The van der Waals surface area contributed by atoms with Gasteiger partial charge in [-0.3, -0.25) is 0 Å². The van der Waals surface area contributed by atoms with Gasteiger partial charge in [-0.05, 0) is 13.3 Å². The third-order valence-corrected chi connectivity index (χ3v) is 2.80. The number of aliphatic hydroxyl groups excluding tert-OH is 1. The zero-order valence-corrected chi connectivity index (χ0v) is 9.68. The van der Waals surface area contributed by atoms with Crippen molar-refractivity contribution in [2.45, 2.75) is 25.6 Å². The Balaban J connectivity index is 2.15. The Hall–Kier alpha value is -1.34. The van der Waals surface area contributed by atoms with Crippen molar-refractivity contribution in [1.29, 1.82) is 0 Å². The molecule has 0 aromatic carbocycles. The average Bonchev–Trinajstić information content (AvgIpc) is 2.68. The molecule has 0 bridgehead atoms. The molecule has 2 amide bonds. The van der Waals surface area contributed by atoms with E-state index in [1.54, 1.807) is 0 Å². The van der Waals surface area contributed by atoms with Crippen molar-refractivity contribution in [3.8, 4) is 0 Å². The first-order chi connectivity index (χ1) is 8.00. The fourth-order valence-corrected chi connectivity index (χ4v) is 1.61. The van der Waals surface area contributed by atoms with E-state index in [-0.39, 0.29) is 18.6 Å². The molecule has 0 aromatic heterocycles. The van der Waals surface area contributed by atoms with Crippen LogP contribution in [0.1, 0.15) is 13.3 Å². The van der Waals surface area contributed by atoms with Gasteiger partial charge in [0, 0.05) is 19.1 Å². The van der Waals surface area contributed by atoms with Gasteiger partial charge >= 0.3 is 12.0 Å². The maximum absolute atomic E-state index is 11.3. The lowest BCUT2D eigenvalue weighted by molar-refractivity contribution is -0.146. The molecule has 3 atom stereocenters. The quantitative estimate of drug-likeness (QED) is 0.505. The normalized spacial score (nSPS) is 25.3. The lowest BCUT2D eigenvalue weighted by atomic mass is 10.0. The molecule has 1 aliphatic rings. The number of aliphatic hydroxyl groups is 1. The van der Waals surface area contributed by atoms with E-state index >= 15 is 0 Å². The predicted molar refractivity (Wildman–Crippen MR) is 58.6 cm³/mol. The Labute approximate surface area is 99.1 Å². The molecule has 98 valence electrons. The number of aliphatic carboxylic acids is 1. The zero-order chi connectivity index (χ0) is 12.8. The molecule has 1 heterocycles. The molecule has 0 aliphatic carbocycles. The molecule has 7 heteroatoms. The molecule has 1 rings (SSSR count). The minimum absolute atomic E-state index is 0.125. The van der Waals surface area contributed by atoms with Crippen LogP contribution in [-0.2, 0) is 9.53 Å². The van der Waals surface area contributed by atoms with Crippen molar-refractivity contribution in [3.05, 3.63) is 0 Å². The van der Waals surface area contributed by atoms with Gasteiger partial charge in [-0.1, -0.05) is 0 Å². The number of carbonyl (C=O) groups excluding carboxylic acids is 1. The van der Waals surface area contributed by atoms with Crippen molar-refractivity contribution in [1.82, 2.24) is 10.6 Å². The molecule has 0 spiro atoms. The van der Waals surface area contributed by atoms with E-state index in [4.69, 9.17) is 14.9 Å². The maximum atomic E-state index is 11.3. The molecule has 1 saturated heterocycles. The number of hydrogen-bond donors (Lipinski definition) is 4. The van der Waals surface area contributed by atoms with Crippen molar-refractivity contribution in [2.75, 3.05) is 19.7 Å². The second kappa shape index (κ2) is 6.41. The number of nitrogens with one attached hydrogen (secondary N) is 2. The van der Waals surface area contributed by atoms with Crippen LogP contribution in [0, 0.1) is 5.92 Å². The number of amides is 2. The number of hydrogen-bond acceptors (Lipinski definition) is 4. The van der Waals surface area contributed by atoms with Crippen molar-refractivity contribution < 1.29 is 24.5 Å². The average molecular weight is 246 g/mol. The van der Waals surface area contributed by atoms with Crippen LogP contribution in [0.3, 0.4) is 0 Å². The summed E-state index contributed by atoms with van der Waals surface area (Å²) in [6.07, 6.45) is -0.548. The van der Waals surface area contributed by atoms with Crippen molar-refractivity contribution in [3.63, 3.8) is 0 Å². The second-order valence-electron chi connectivity index (χ2n) is 4.07. The highest BCUT2D eigenvalue weighted by Gasteiger charge is 2.24. The number of rotatable bonds is 5. The van der Waals surface area contributed by atoms with Gasteiger partial charge in [-0.25, -0.2) is 9.59 Å². The van der Waals surface area contributed by atoms with Crippen LogP contribution < -0.4 is 10.6 Å². The summed E-state index contributed by atoms with van der Waals surface area (Å²) >= 11 is 0. The van der Waals surface area contributed by atoms with Gasteiger partial charge in [0.2, 0.25) is 0 Å². The number of carboxylic acid groups (broad SMARTS) is 1. The van der Waals surface area contributed by atoms with Crippen molar-refractivity contribution >= 4 is 12.0 Å². The van der Waals surface area contributed by atoms with E-state index in [2.05, 4.69) is 10.6 Å². The molecule has 2 unspecified atom stereocenters. The van der Waals surface area contributed by atoms with Crippen LogP contribution in [0.4, 0.5) is 4.79 Å². The smallest absolute Gasteiger partial charge is 0.334 e. The Bertz CT molecular complexity index is 284. The SMILES string of the molecule is CC1OCCC1CNC(=O)NC[C@H](O)C(=O)O. The van der Waals surface area contributed by atoms with E-state index < -0.39 is 18.1 Å². The van der Waals surface area contributed by atoms with E-state index in [9.17, 15) is 9.59 Å². The highest BCUT2D eigenvalue weighted by atomic mass is 16.5. The van der Waals surface area contributed by atoms with Crippen LogP contribution in [-0.4, -0.2) is 54.1 Å². The number of urea groups is 1. The van der Waals surface area contributed by atoms with Crippen molar-refractivity contribution in [2.24, 2.45) is 5.92 Å². The summed E-state index contributed by atoms with van der Waals surface area (Å²) in [5, 5.41) is 22.2. The molecule has 1 fully saturated rings. The van der Waals surface area contributed by atoms with Gasteiger partial charge in [-0.15, -0.1) is 0 Å². The minimum Gasteiger partial charge on any atom is -0.479 e. The van der Waals surface area contributed by atoms with Crippen LogP contribution in [0.25, 0.3) is 0 Å². The fourth-order valence-electron chi connectivity index (χ4n) is 1.61. The number of carboxylic acids is 1. The lowest BCUT2D eigenvalue weighted by Gasteiger charge is -2.15.